The second-order valence-corrected chi connectivity index (χ2v) is 9.78. The lowest BCUT2D eigenvalue weighted by molar-refractivity contribution is -0.123. The minimum absolute atomic E-state index is 0.0371. The van der Waals surface area contributed by atoms with Gasteiger partial charge in [-0.05, 0) is 61.9 Å². The van der Waals surface area contributed by atoms with Gasteiger partial charge in [-0.15, -0.1) is 11.3 Å². The summed E-state index contributed by atoms with van der Waals surface area (Å²) in [4.78, 5) is 30.4. The molecule has 0 radical (unpaired) electrons. The SMILES string of the molecule is O=C(c1csc2ccccc12)N1CCC(C(=O)N2CCCCc3cc(Cl)ccc32)CC1. The fourth-order valence-corrected chi connectivity index (χ4v) is 5.95. The van der Waals surface area contributed by atoms with Crippen molar-refractivity contribution in [2.45, 2.75) is 32.1 Å². The molecular formula is C25H25ClN2O2S. The minimum Gasteiger partial charge on any atom is -0.339 e. The van der Waals surface area contributed by atoms with E-state index in [2.05, 4.69) is 0 Å². The Morgan fingerprint density at radius 2 is 1.81 bits per heavy atom. The zero-order valence-corrected chi connectivity index (χ0v) is 18.9. The van der Waals surface area contributed by atoms with E-state index in [9.17, 15) is 9.59 Å². The van der Waals surface area contributed by atoms with Gasteiger partial charge in [0, 0.05) is 51.7 Å². The Morgan fingerprint density at radius 1 is 1.00 bits per heavy atom. The zero-order valence-electron chi connectivity index (χ0n) is 17.4. The van der Waals surface area contributed by atoms with E-state index < -0.39 is 0 Å². The van der Waals surface area contributed by atoms with Crippen LogP contribution in [0, 0.1) is 5.92 Å². The Kier molecular flexibility index (Phi) is 5.72. The van der Waals surface area contributed by atoms with Crippen LogP contribution in [0.25, 0.3) is 10.1 Å². The average molecular weight is 453 g/mol. The molecule has 4 nitrogen and oxygen atoms in total. The lowest BCUT2D eigenvalue weighted by Crippen LogP contribution is -2.44. The molecule has 3 aromatic rings. The van der Waals surface area contributed by atoms with Gasteiger partial charge in [-0.25, -0.2) is 0 Å². The molecular weight excluding hydrogens is 428 g/mol. The molecule has 0 saturated carbocycles. The van der Waals surface area contributed by atoms with Crippen molar-refractivity contribution in [1.29, 1.82) is 0 Å². The molecule has 160 valence electrons. The maximum Gasteiger partial charge on any atom is 0.255 e. The smallest absolute Gasteiger partial charge is 0.255 e. The number of likely N-dealkylation sites (tertiary alicyclic amines) is 1. The Hall–Kier alpha value is -2.37. The standard InChI is InChI=1S/C25H25ClN2O2S/c26-19-8-9-22-18(15-19)5-3-4-12-28(22)24(29)17-10-13-27(14-11-17)25(30)21-16-31-23-7-2-1-6-20(21)23/h1-2,6-9,15-17H,3-5,10-14H2. The highest BCUT2D eigenvalue weighted by Crippen LogP contribution is 2.33. The summed E-state index contributed by atoms with van der Waals surface area (Å²) in [7, 11) is 0. The van der Waals surface area contributed by atoms with E-state index in [0.29, 0.717) is 25.9 Å². The van der Waals surface area contributed by atoms with Gasteiger partial charge in [-0.1, -0.05) is 29.8 Å². The molecule has 0 spiro atoms. The number of hydrogen-bond donors (Lipinski definition) is 0. The maximum atomic E-state index is 13.4. The van der Waals surface area contributed by atoms with Crippen LogP contribution in [0.3, 0.4) is 0 Å². The number of carbonyl (C=O) groups excluding carboxylic acids is 2. The Morgan fingerprint density at radius 3 is 2.65 bits per heavy atom. The van der Waals surface area contributed by atoms with Crippen molar-refractivity contribution < 1.29 is 9.59 Å². The van der Waals surface area contributed by atoms with Crippen LogP contribution in [-0.2, 0) is 11.2 Å². The number of hydrogen-bond acceptors (Lipinski definition) is 3. The van der Waals surface area contributed by atoms with Crippen molar-refractivity contribution >= 4 is 50.5 Å². The first kappa shape index (κ1) is 20.5. The summed E-state index contributed by atoms with van der Waals surface area (Å²) in [5.74, 6) is 0.238. The van der Waals surface area contributed by atoms with E-state index in [1.807, 2.05) is 57.6 Å². The van der Waals surface area contributed by atoms with Gasteiger partial charge in [0.05, 0.1) is 5.56 Å². The fourth-order valence-electron chi connectivity index (χ4n) is 4.82. The number of benzene rings is 2. The molecule has 0 N–H and O–H groups in total. The van der Waals surface area contributed by atoms with E-state index >= 15 is 0 Å². The second-order valence-electron chi connectivity index (χ2n) is 8.43. The molecule has 0 atom stereocenters. The van der Waals surface area contributed by atoms with Gasteiger partial charge in [-0.2, -0.15) is 0 Å². The first-order chi connectivity index (χ1) is 15.1. The number of rotatable bonds is 2. The molecule has 2 aliphatic rings. The zero-order chi connectivity index (χ0) is 21.4. The summed E-state index contributed by atoms with van der Waals surface area (Å²) in [6, 6.07) is 13.9. The molecule has 1 fully saturated rings. The van der Waals surface area contributed by atoms with Crippen LogP contribution in [0.5, 0.6) is 0 Å². The quantitative estimate of drug-likeness (QED) is 0.494. The molecule has 6 heteroatoms. The number of anilines is 1. The molecule has 0 bridgehead atoms. The van der Waals surface area contributed by atoms with Crippen molar-refractivity contribution in [2.24, 2.45) is 5.92 Å². The summed E-state index contributed by atoms with van der Waals surface area (Å²) in [5.41, 5.74) is 2.95. The van der Waals surface area contributed by atoms with Gasteiger partial charge in [0.15, 0.2) is 0 Å². The molecule has 31 heavy (non-hydrogen) atoms. The summed E-state index contributed by atoms with van der Waals surface area (Å²) in [5, 5.41) is 3.71. The van der Waals surface area contributed by atoms with Crippen LogP contribution in [0.15, 0.2) is 47.8 Å². The normalized spacial score (nSPS) is 17.5. The van der Waals surface area contributed by atoms with Crippen molar-refractivity contribution in [3.05, 3.63) is 64.0 Å². The van der Waals surface area contributed by atoms with E-state index in [-0.39, 0.29) is 17.7 Å². The third kappa shape index (κ3) is 3.97. The molecule has 0 aliphatic carbocycles. The van der Waals surface area contributed by atoms with Gasteiger partial charge in [0.2, 0.25) is 5.91 Å². The van der Waals surface area contributed by atoms with Crippen molar-refractivity contribution in [1.82, 2.24) is 4.90 Å². The molecule has 2 amide bonds. The van der Waals surface area contributed by atoms with E-state index in [1.54, 1.807) is 11.3 Å². The highest BCUT2D eigenvalue weighted by molar-refractivity contribution is 7.17. The first-order valence-corrected chi connectivity index (χ1v) is 12.2. The predicted molar refractivity (Wildman–Crippen MR) is 127 cm³/mol. The van der Waals surface area contributed by atoms with E-state index in [0.717, 1.165) is 57.7 Å². The molecule has 0 unspecified atom stereocenters. The monoisotopic (exact) mass is 452 g/mol. The third-order valence-corrected chi connectivity index (χ3v) is 7.72. The average Bonchev–Trinajstić information content (AvgIpc) is 3.12. The topological polar surface area (TPSA) is 40.6 Å². The van der Waals surface area contributed by atoms with Gasteiger partial charge in [-0.3, -0.25) is 9.59 Å². The van der Waals surface area contributed by atoms with Gasteiger partial charge < -0.3 is 9.80 Å². The third-order valence-electron chi connectivity index (χ3n) is 6.52. The minimum atomic E-state index is -0.0371. The number of carbonyl (C=O) groups is 2. The maximum absolute atomic E-state index is 13.4. The largest absolute Gasteiger partial charge is 0.339 e. The highest BCUT2D eigenvalue weighted by Gasteiger charge is 2.32. The highest BCUT2D eigenvalue weighted by atomic mass is 35.5. The van der Waals surface area contributed by atoms with Gasteiger partial charge >= 0.3 is 0 Å². The van der Waals surface area contributed by atoms with Crippen molar-refractivity contribution in [3.63, 3.8) is 0 Å². The van der Waals surface area contributed by atoms with Crippen LogP contribution < -0.4 is 4.90 Å². The number of aryl methyl sites for hydroxylation is 1. The number of piperidine rings is 1. The number of halogens is 1. The Labute approximate surface area is 191 Å². The lowest BCUT2D eigenvalue weighted by Gasteiger charge is -2.34. The van der Waals surface area contributed by atoms with Crippen molar-refractivity contribution in [2.75, 3.05) is 24.5 Å². The van der Waals surface area contributed by atoms with Crippen LogP contribution in [0.2, 0.25) is 5.02 Å². The lowest BCUT2D eigenvalue weighted by atomic mass is 9.94. The summed E-state index contributed by atoms with van der Waals surface area (Å²) in [6.07, 6.45) is 4.46. The molecule has 1 aromatic heterocycles. The number of thiophene rings is 1. The van der Waals surface area contributed by atoms with Crippen LogP contribution >= 0.6 is 22.9 Å². The van der Waals surface area contributed by atoms with E-state index in [1.165, 1.54) is 0 Å². The number of amides is 2. The molecule has 2 aromatic carbocycles. The summed E-state index contributed by atoms with van der Waals surface area (Å²) < 4.78 is 1.14. The van der Waals surface area contributed by atoms with Crippen LogP contribution in [0.4, 0.5) is 5.69 Å². The molecule has 1 saturated heterocycles. The first-order valence-electron chi connectivity index (χ1n) is 11.0. The Balaban J connectivity index is 1.28. The van der Waals surface area contributed by atoms with Crippen molar-refractivity contribution in [3.8, 4) is 0 Å². The summed E-state index contributed by atoms with van der Waals surface area (Å²) >= 11 is 7.80. The fraction of sp³-hybridized carbons (Fsp3) is 0.360. The number of fused-ring (bicyclic) bond motifs is 2. The molecule has 3 heterocycles. The molecule has 2 aliphatic heterocycles. The van der Waals surface area contributed by atoms with Gasteiger partial charge in [0.1, 0.15) is 0 Å². The predicted octanol–water partition coefficient (Wildman–Crippen LogP) is 5.78. The number of nitrogens with zero attached hydrogens (tertiary/aromatic N) is 2. The van der Waals surface area contributed by atoms with Crippen LogP contribution in [0.1, 0.15) is 41.6 Å². The van der Waals surface area contributed by atoms with Crippen LogP contribution in [-0.4, -0.2) is 36.3 Å². The second kappa shape index (κ2) is 8.64. The summed E-state index contributed by atoms with van der Waals surface area (Å²) in [6.45, 7) is 2.01. The van der Waals surface area contributed by atoms with E-state index in [4.69, 9.17) is 11.6 Å². The van der Waals surface area contributed by atoms with Gasteiger partial charge in [0.25, 0.3) is 5.91 Å². The molecule has 5 rings (SSSR count). The Bertz CT molecular complexity index is 1130.